The molecule has 0 aliphatic carbocycles. The second-order valence-corrected chi connectivity index (χ2v) is 6.76. The van der Waals surface area contributed by atoms with Crippen LogP contribution in [-0.4, -0.2) is 40.5 Å². The van der Waals surface area contributed by atoms with Crippen molar-refractivity contribution < 1.29 is 9.59 Å². The second kappa shape index (κ2) is 7.33. The molecule has 3 aromatic rings. The lowest BCUT2D eigenvalue weighted by atomic mass is 10.2. The van der Waals surface area contributed by atoms with Crippen molar-refractivity contribution in [3.05, 3.63) is 52.7 Å². The summed E-state index contributed by atoms with van der Waals surface area (Å²) in [5.41, 5.74) is 1.53. The van der Waals surface area contributed by atoms with Crippen LogP contribution in [-0.2, 0) is 4.79 Å². The summed E-state index contributed by atoms with van der Waals surface area (Å²) in [6, 6.07) is 10.8. The molecule has 24 heavy (non-hydrogen) atoms. The topological polar surface area (TPSA) is 75.2 Å². The number of anilines is 1. The quantitative estimate of drug-likeness (QED) is 0.761. The standard InChI is InChI=1S/C16H14N4O2S2/c1-20(15(22)11-5-3-2-4-6-11)9-13(21)17-16-19-18-14(24-16)12-7-8-23-10-12/h2-8,10H,9H2,1H3,(H,17,19,21). The normalized spacial score (nSPS) is 10.4. The number of carbonyl (C=O) groups excluding carboxylic acids is 2. The molecule has 3 rings (SSSR count). The fraction of sp³-hybridized carbons (Fsp3) is 0.125. The first-order valence-corrected chi connectivity index (χ1v) is 8.86. The molecule has 0 radical (unpaired) electrons. The van der Waals surface area contributed by atoms with Gasteiger partial charge in [-0.3, -0.25) is 14.9 Å². The van der Waals surface area contributed by atoms with Gasteiger partial charge in [0.2, 0.25) is 11.0 Å². The van der Waals surface area contributed by atoms with Crippen LogP contribution in [0.1, 0.15) is 10.4 Å². The van der Waals surface area contributed by atoms with Gasteiger partial charge < -0.3 is 4.90 Å². The first-order valence-electron chi connectivity index (χ1n) is 7.10. The number of hydrogen-bond donors (Lipinski definition) is 1. The highest BCUT2D eigenvalue weighted by molar-refractivity contribution is 7.19. The van der Waals surface area contributed by atoms with Crippen LogP contribution in [0, 0.1) is 0 Å². The zero-order chi connectivity index (χ0) is 16.9. The predicted octanol–water partition coefficient (Wildman–Crippen LogP) is 2.98. The molecule has 0 saturated carbocycles. The Morgan fingerprint density at radius 2 is 1.96 bits per heavy atom. The van der Waals surface area contributed by atoms with E-state index in [-0.39, 0.29) is 18.4 Å². The Morgan fingerprint density at radius 1 is 1.17 bits per heavy atom. The third-order valence-electron chi connectivity index (χ3n) is 3.19. The SMILES string of the molecule is CN(CC(=O)Nc1nnc(-c2ccsc2)s1)C(=O)c1ccccc1. The van der Waals surface area contributed by atoms with Crippen LogP contribution >= 0.6 is 22.7 Å². The van der Waals surface area contributed by atoms with Crippen LogP contribution in [0.2, 0.25) is 0 Å². The van der Waals surface area contributed by atoms with E-state index in [4.69, 9.17) is 0 Å². The van der Waals surface area contributed by atoms with E-state index in [1.54, 1.807) is 42.6 Å². The lowest BCUT2D eigenvalue weighted by Crippen LogP contribution is -2.34. The third-order valence-corrected chi connectivity index (χ3v) is 4.76. The van der Waals surface area contributed by atoms with Crippen LogP contribution in [0.3, 0.4) is 0 Å². The van der Waals surface area contributed by atoms with E-state index in [0.29, 0.717) is 10.7 Å². The molecule has 1 aromatic carbocycles. The molecule has 122 valence electrons. The minimum Gasteiger partial charge on any atom is -0.332 e. The zero-order valence-electron chi connectivity index (χ0n) is 12.8. The van der Waals surface area contributed by atoms with Gasteiger partial charge in [0, 0.05) is 23.6 Å². The van der Waals surface area contributed by atoms with Gasteiger partial charge in [0.05, 0.1) is 6.54 Å². The van der Waals surface area contributed by atoms with E-state index < -0.39 is 0 Å². The summed E-state index contributed by atoms with van der Waals surface area (Å²) in [7, 11) is 1.59. The number of likely N-dealkylation sites (N-methyl/N-ethyl adjacent to an activating group) is 1. The maximum absolute atomic E-state index is 12.2. The minimum atomic E-state index is -0.310. The van der Waals surface area contributed by atoms with Crippen molar-refractivity contribution in [1.29, 1.82) is 0 Å². The number of thiophene rings is 1. The summed E-state index contributed by atoms with van der Waals surface area (Å²) >= 11 is 2.87. The molecule has 0 aliphatic rings. The summed E-state index contributed by atoms with van der Waals surface area (Å²) in [6.45, 7) is -0.0545. The van der Waals surface area contributed by atoms with E-state index in [9.17, 15) is 9.59 Å². The Balaban J connectivity index is 1.58. The fourth-order valence-electron chi connectivity index (χ4n) is 2.02. The number of benzene rings is 1. The monoisotopic (exact) mass is 358 g/mol. The van der Waals surface area contributed by atoms with Crippen LogP contribution in [0.4, 0.5) is 5.13 Å². The molecule has 0 unspecified atom stereocenters. The van der Waals surface area contributed by atoms with E-state index in [0.717, 1.165) is 10.6 Å². The van der Waals surface area contributed by atoms with Gasteiger partial charge in [-0.1, -0.05) is 29.5 Å². The number of nitrogens with one attached hydrogen (secondary N) is 1. The number of carbonyl (C=O) groups is 2. The van der Waals surface area contributed by atoms with Crippen molar-refractivity contribution in [2.75, 3.05) is 18.9 Å². The van der Waals surface area contributed by atoms with Gasteiger partial charge in [-0.15, -0.1) is 10.2 Å². The van der Waals surface area contributed by atoms with Crippen molar-refractivity contribution in [3.63, 3.8) is 0 Å². The molecule has 8 heteroatoms. The Hall–Kier alpha value is -2.58. The summed E-state index contributed by atoms with van der Waals surface area (Å²) < 4.78 is 0. The Morgan fingerprint density at radius 3 is 2.67 bits per heavy atom. The number of nitrogens with zero attached hydrogens (tertiary/aromatic N) is 3. The van der Waals surface area contributed by atoms with E-state index >= 15 is 0 Å². The molecule has 2 aromatic heterocycles. The average molecular weight is 358 g/mol. The summed E-state index contributed by atoms with van der Waals surface area (Å²) in [5, 5.41) is 15.8. The Kier molecular flexibility index (Phi) is 4.97. The Labute approximate surface area is 146 Å². The van der Waals surface area contributed by atoms with Crippen LogP contribution in [0.25, 0.3) is 10.6 Å². The number of aromatic nitrogens is 2. The molecule has 2 amide bonds. The van der Waals surface area contributed by atoms with Crippen molar-refractivity contribution in [2.45, 2.75) is 0 Å². The molecular formula is C16H14N4O2S2. The minimum absolute atomic E-state index is 0.0545. The molecular weight excluding hydrogens is 344 g/mol. The second-order valence-electron chi connectivity index (χ2n) is 5.00. The summed E-state index contributed by atoms with van der Waals surface area (Å²) in [6.07, 6.45) is 0. The van der Waals surface area contributed by atoms with Crippen molar-refractivity contribution in [3.8, 4) is 10.6 Å². The molecule has 6 nitrogen and oxygen atoms in total. The van der Waals surface area contributed by atoms with Gasteiger partial charge in [0.25, 0.3) is 5.91 Å². The highest BCUT2D eigenvalue weighted by Gasteiger charge is 2.16. The first kappa shape index (κ1) is 16.3. The van der Waals surface area contributed by atoms with E-state index in [1.807, 2.05) is 22.9 Å². The van der Waals surface area contributed by atoms with Gasteiger partial charge in [-0.2, -0.15) is 11.3 Å². The molecule has 2 heterocycles. The smallest absolute Gasteiger partial charge is 0.254 e. The molecule has 0 spiro atoms. The van der Waals surface area contributed by atoms with Crippen LogP contribution < -0.4 is 5.32 Å². The van der Waals surface area contributed by atoms with E-state index in [1.165, 1.54) is 16.2 Å². The molecule has 0 saturated heterocycles. The van der Waals surface area contributed by atoms with E-state index in [2.05, 4.69) is 15.5 Å². The van der Waals surface area contributed by atoms with Crippen LogP contribution in [0.15, 0.2) is 47.2 Å². The van der Waals surface area contributed by atoms with Crippen molar-refractivity contribution in [1.82, 2.24) is 15.1 Å². The predicted molar refractivity (Wildman–Crippen MR) is 95.3 cm³/mol. The largest absolute Gasteiger partial charge is 0.332 e. The molecule has 0 bridgehead atoms. The lowest BCUT2D eigenvalue weighted by molar-refractivity contribution is -0.116. The van der Waals surface area contributed by atoms with Crippen molar-refractivity contribution in [2.24, 2.45) is 0 Å². The number of amides is 2. The molecule has 1 N–H and O–H groups in total. The fourth-order valence-corrected chi connectivity index (χ4v) is 3.49. The Bertz CT molecular complexity index is 831. The van der Waals surface area contributed by atoms with Gasteiger partial charge in [-0.25, -0.2) is 0 Å². The molecule has 0 atom stereocenters. The summed E-state index contributed by atoms with van der Waals surface area (Å²) in [5.74, 6) is -0.517. The van der Waals surface area contributed by atoms with Gasteiger partial charge in [0.15, 0.2) is 0 Å². The molecule has 0 fully saturated rings. The van der Waals surface area contributed by atoms with Gasteiger partial charge in [-0.05, 0) is 23.6 Å². The maximum atomic E-state index is 12.2. The van der Waals surface area contributed by atoms with Crippen LogP contribution in [0.5, 0.6) is 0 Å². The highest BCUT2D eigenvalue weighted by atomic mass is 32.1. The average Bonchev–Trinajstić information content (AvgIpc) is 3.26. The lowest BCUT2D eigenvalue weighted by Gasteiger charge is -2.16. The first-order chi connectivity index (χ1) is 11.6. The van der Waals surface area contributed by atoms with Crippen molar-refractivity contribution >= 4 is 39.6 Å². The number of rotatable bonds is 5. The zero-order valence-corrected chi connectivity index (χ0v) is 14.4. The number of hydrogen-bond acceptors (Lipinski definition) is 6. The summed E-state index contributed by atoms with van der Waals surface area (Å²) in [4.78, 5) is 25.7. The van der Waals surface area contributed by atoms with Gasteiger partial charge >= 0.3 is 0 Å². The maximum Gasteiger partial charge on any atom is 0.254 e. The third kappa shape index (κ3) is 3.84. The highest BCUT2D eigenvalue weighted by Crippen LogP contribution is 2.27. The van der Waals surface area contributed by atoms with Gasteiger partial charge in [0.1, 0.15) is 5.01 Å². The molecule has 0 aliphatic heterocycles.